The van der Waals surface area contributed by atoms with Crippen LogP contribution in [0.5, 0.6) is 0 Å². The van der Waals surface area contributed by atoms with Crippen LogP contribution in [0.25, 0.3) is 0 Å². The number of benzene rings is 1. The first-order chi connectivity index (χ1) is 8.57. The van der Waals surface area contributed by atoms with Gasteiger partial charge < -0.3 is 11.1 Å². The lowest BCUT2D eigenvalue weighted by atomic mass is 10.00. The van der Waals surface area contributed by atoms with Crippen LogP contribution in [0, 0.1) is 0 Å². The van der Waals surface area contributed by atoms with Gasteiger partial charge in [-0.25, -0.2) is 0 Å². The molecule has 3 heteroatoms. The molecule has 3 nitrogen and oxygen atoms in total. The molecule has 1 aromatic rings. The lowest BCUT2D eigenvalue weighted by molar-refractivity contribution is -0.122. The molecule has 0 bridgehead atoms. The standard InChI is InChI=1S/C15H22N2O/c1-15(9-2-3-10-15)17-14(18)8-7-12-5-4-6-13(16)11-12/h4-6,11H,2-3,7-10,16H2,1H3,(H,17,18). The third-order valence-corrected chi connectivity index (χ3v) is 3.74. The number of amides is 1. The SMILES string of the molecule is CC1(NC(=O)CCc2cccc(N)c2)CCCC1. The molecule has 18 heavy (non-hydrogen) atoms. The van der Waals surface area contributed by atoms with Crippen LogP contribution in [-0.4, -0.2) is 11.4 Å². The highest BCUT2D eigenvalue weighted by molar-refractivity contribution is 5.77. The van der Waals surface area contributed by atoms with Gasteiger partial charge in [0.2, 0.25) is 5.91 Å². The summed E-state index contributed by atoms with van der Waals surface area (Å²) in [4.78, 5) is 11.9. The number of nitrogens with two attached hydrogens (primary N) is 1. The maximum Gasteiger partial charge on any atom is 0.220 e. The van der Waals surface area contributed by atoms with Crippen LogP contribution < -0.4 is 11.1 Å². The average molecular weight is 246 g/mol. The molecule has 3 N–H and O–H groups in total. The molecule has 0 radical (unpaired) electrons. The summed E-state index contributed by atoms with van der Waals surface area (Å²) >= 11 is 0. The van der Waals surface area contributed by atoms with Crippen molar-refractivity contribution >= 4 is 11.6 Å². The Hall–Kier alpha value is -1.51. The molecule has 0 atom stereocenters. The molecule has 0 spiro atoms. The normalized spacial score (nSPS) is 17.6. The van der Waals surface area contributed by atoms with Gasteiger partial charge in [0.05, 0.1) is 0 Å². The van der Waals surface area contributed by atoms with E-state index in [4.69, 9.17) is 5.73 Å². The van der Waals surface area contributed by atoms with Crippen LogP contribution in [0.15, 0.2) is 24.3 Å². The van der Waals surface area contributed by atoms with Crippen molar-refractivity contribution in [2.24, 2.45) is 0 Å². The monoisotopic (exact) mass is 246 g/mol. The molecule has 0 heterocycles. The van der Waals surface area contributed by atoms with E-state index in [0.717, 1.165) is 30.5 Å². The van der Waals surface area contributed by atoms with Gasteiger partial charge in [-0.3, -0.25) is 4.79 Å². The molecule has 2 rings (SSSR count). The van der Waals surface area contributed by atoms with Crippen molar-refractivity contribution in [3.05, 3.63) is 29.8 Å². The maximum atomic E-state index is 11.9. The molecule has 0 unspecified atom stereocenters. The lowest BCUT2D eigenvalue weighted by Crippen LogP contribution is -2.43. The van der Waals surface area contributed by atoms with E-state index in [0.29, 0.717) is 6.42 Å². The number of aryl methyl sites for hydroxylation is 1. The second-order valence-electron chi connectivity index (χ2n) is 5.56. The molecule has 1 saturated carbocycles. The van der Waals surface area contributed by atoms with Crippen molar-refractivity contribution in [2.45, 2.75) is 51.0 Å². The Morgan fingerprint density at radius 1 is 1.39 bits per heavy atom. The number of carbonyl (C=O) groups excluding carboxylic acids is 1. The molecule has 0 aromatic heterocycles. The Bertz CT molecular complexity index is 422. The lowest BCUT2D eigenvalue weighted by Gasteiger charge is -2.25. The summed E-state index contributed by atoms with van der Waals surface area (Å²) in [6, 6.07) is 7.75. The fourth-order valence-electron chi connectivity index (χ4n) is 2.69. The molecule has 1 aliphatic rings. The van der Waals surface area contributed by atoms with E-state index in [2.05, 4.69) is 12.2 Å². The van der Waals surface area contributed by atoms with Gasteiger partial charge in [-0.05, 0) is 43.9 Å². The van der Waals surface area contributed by atoms with Crippen molar-refractivity contribution in [3.8, 4) is 0 Å². The molecule has 98 valence electrons. The summed E-state index contributed by atoms with van der Waals surface area (Å²) in [6.45, 7) is 2.15. The zero-order valence-electron chi connectivity index (χ0n) is 11.0. The number of anilines is 1. The first-order valence-corrected chi connectivity index (χ1v) is 6.73. The van der Waals surface area contributed by atoms with Crippen LogP contribution in [0.4, 0.5) is 5.69 Å². The molecule has 1 fully saturated rings. The number of carbonyl (C=O) groups is 1. The van der Waals surface area contributed by atoms with E-state index >= 15 is 0 Å². The summed E-state index contributed by atoms with van der Waals surface area (Å²) in [5, 5.41) is 3.17. The van der Waals surface area contributed by atoms with Crippen LogP contribution in [-0.2, 0) is 11.2 Å². The van der Waals surface area contributed by atoms with E-state index in [9.17, 15) is 4.79 Å². The van der Waals surface area contributed by atoms with Gasteiger partial charge in [-0.1, -0.05) is 25.0 Å². The Labute approximate surface area is 109 Å². The second kappa shape index (κ2) is 5.42. The maximum absolute atomic E-state index is 11.9. The highest BCUT2D eigenvalue weighted by Crippen LogP contribution is 2.28. The van der Waals surface area contributed by atoms with Gasteiger partial charge >= 0.3 is 0 Å². The highest BCUT2D eigenvalue weighted by Gasteiger charge is 2.29. The topological polar surface area (TPSA) is 55.1 Å². The minimum absolute atomic E-state index is 0.0345. The van der Waals surface area contributed by atoms with E-state index in [1.807, 2.05) is 24.3 Å². The van der Waals surface area contributed by atoms with E-state index in [1.165, 1.54) is 12.8 Å². The van der Waals surface area contributed by atoms with Crippen molar-refractivity contribution in [1.82, 2.24) is 5.32 Å². The number of rotatable bonds is 4. The largest absolute Gasteiger partial charge is 0.399 e. The van der Waals surface area contributed by atoms with Gasteiger partial charge in [-0.15, -0.1) is 0 Å². The van der Waals surface area contributed by atoms with Gasteiger partial charge in [0.25, 0.3) is 0 Å². The number of nitrogen functional groups attached to an aromatic ring is 1. The summed E-state index contributed by atoms with van der Waals surface area (Å²) < 4.78 is 0. The van der Waals surface area contributed by atoms with E-state index < -0.39 is 0 Å². The van der Waals surface area contributed by atoms with Crippen molar-refractivity contribution in [2.75, 3.05) is 5.73 Å². The van der Waals surface area contributed by atoms with Crippen LogP contribution in [0.3, 0.4) is 0 Å². The minimum Gasteiger partial charge on any atom is -0.399 e. The Balaban J connectivity index is 1.81. The van der Waals surface area contributed by atoms with Gasteiger partial charge in [-0.2, -0.15) is 0 Å². The van der Waals surface area contributed by atoms with Crippen molar-refractivity contribution in [3.63, 3.8) is 0 Å². The van der Waals surface area contributed by atoms with E-state index in [-0.39, 0.29) is 11.4 Å². The third kappa shape index (κ3) is 3.49. The molecule has 0 saturated heterocycles. The Kier molecular flexibility index (Phi) is 3.90. The predicted molar refractivity (Wildman–Crippen MR) is 74.2 cm³/mol. The number of hydrogen-bond acceptors (Lipinski definition) is 2. The van der Waals surface area contributed by atoms with Crippen LogP contribution in [0.1, 0.15) is 44.6 Å². The smallest absolute Gasteiger partial charge is 0.220 e. The quantitative estimate of drug-likeness (QED) is 0.802. The van der Waals surface area contributed by atoms with Gasteiger partial charge in [0.1, 0.15) is 0 Å². The number of hydrogen-bond donors (Lipinski definition) is 2. The highest BCUT2D eigenvalue weighted by atomic mass is 16.1. The summed E-state index contributed by atoms with van der Waals surface area (Å²) in [6.07, 6.45) is 5.97. The summed E-state index contributed by atoms with van der Waals surface area (Å²) in [7, 11) is 0. The Morgan fingerprint density at radius 3 is 2.78 bits per heavy atom. The molecular formula is C15H22N2O. The molecule has 1 aliphatic carbocycles. The van der Waals surface area contributed by atoms with Crippen molar-refractivity contribution in [1.29, 1.82) is 0 Å². The first-order valence-electron chi connectivity index (χ1n) is 6.73. The van der Waals surface area contributed by atoms with Gasteiger partial charge in [0, 0.05) is 17.6 Å². The molecule has 1 amide bonds. The fraction of sp³-hybridized carbons (Fsp3) is 0.533. The van der Waals surface area contributed by atoms with Gasteiger partial charge in [0.15, 0.2) is 0 Å². The zero-order valence-corrected chi connectivity index (χ0v) is 11.0. The van der Waals surface area contributed by atoms with Crippen LogP contribution in [0.2, 0.25) is 0 Å². The summed E-state index contributed by atoms with van der Waals surface area (Å²) in [5.74, 6) is 0.154. The van der Waals surface area contributed by atoms with E-state index in [1.54, 1.807) is 0 Å². The Morgan fingerprint density at radius 2 is 2.11 bits per heavy atom. The third-order valence-electron chi connectivity index (χ3n) is 3.74. The minimum atomic E-state index is 0.0345. The molecule has 0 aliphatic heterocycles. The fourth-order valence-corrected chi connectivity index (χ4v) is 2.69. The average Bonchev–Trinajstić information content (AvgIpc) is 2.73. The molecular weight excluding hydrogens is 224 g/mol. The summed E-state index contributed by atoms with van der Waals surface area (Å²) in [5.41, 5.74) is 7.64. The predicted octanol–water partition coefficient (Wildman–Crippen LogP) is 2.65. The number of nitrogens with one attached hydrogen (secondary N) is 1. The van der Waals surface area contributed by atoms with Crippen molar-refractivity contribution < 1.29 is 4.79 Å². The second-order valence-corrected chi connectivity index (χ2v) is 5.56. The molecule has 1 aromatic carbocycles. The van der Waals surface area contributed by atoms with Crippen LogP contribution >= 0.6 is 0 Å². The first kappa shape index (κ1) is 12.9. The zero-order chi connectivity index (χ0) is 13.0.